The second-order valence-corrected chi connectivity index (χ2v) is 5.51. The first-order valence-electron chi connectivity index (χ1n) is 6.84. The van der Waals surface area contributed by atoms with Gasteiger partial charge in [0.25, 0.3) is 0 Å². The van der Waals surface area contributed by atoms with E-state index in [1.807, 2.05) is 39.3 Å². The minimum absolute atomic E-state index is 0.104. The summed E-state index contributed by atoms with van der Waals surface area (Å²) in [5.41, 5.74) is 3.51. The summed E-state index contributed by atoms with van der Waals surface area (Å²) in [6, 6.07) is 14.5. The van der Waals surface area contributed by atoms with E-state index in [1.54, 1.807) is 7.11 Å². The van der Waals surface area contributed by atoms with Gasteiger partial charge < -0.3 is 15.0 Å². The first-order chi connectivity index (χ1) is 10.1. The van der Waals surface area contributed by atoms with E-state index in [4.69, 9.17) is 16.3 Å². The van der Waals surface area contributed by atoms with Crippen LogP contribution in [-0.2, 0) is 0 Å². The van der Waals surface area contributed by atoms with Gasteiger partial charge in [0.2, 0.25) is 0 Å². The van der Waals surface area contributed by atoms with Crippen molar-refractivity contribution in [3.63, 3.8) is 0 Å². The molecule has 2 aromatic carbocycles. The summed E-state index contributed by atoms with van der Waals surface area (Å²) in [7, 11) is 7.65. The number of anilines is 1. The summed E-state index contributed by atoms with van der Waals surface area (Å²) in [5, 5.41) is 3.97. The molecule has 0 spiro atoms. The highest BCUT2D eigenvalue weighted by molar-refractivity contribution is 6.32. The largest absolute Gasteiger partial charge is 0.495 e. The molecule has 3 nitrogen and oxygen atoms in total. The Kier molecular flexibility index (Phi) is 5.10. The van der Waals surface area contributed by atoms with Crippen molar-refractivity contribution in [2.24, 2.45) is 0 Å². The lowest BCUT2D eigenvalue weighted by Gasteiger charge is -2.20. The maximum Gasteiger partial charge on any atom is 0.137 e. The maximum absolute atomic E-state index is 6.09. The molecule has 0 saturated heterocycles. The standard InChI is InChI=1S/C17H21ClN2O/c1-19-17(12-5-8-14(9-6-12)20(2)3)13-7-10-15(18)16(11-13)21-4/h5-11,17,19H,1-4H3. The summed E-state index contributed by atoms with van der Waals surface area (Å²) < 4.78 is 5.30. The smallest absolute Gasteiger partial charge is 0.137 e. The van der Waals surface area contributed by atoms with E-state index in [2.05, 4.69) is 34.5 Å². The van der Waals surface area contributed by atoms with Gasteiger partial charge in [-0.2, -0.15) is 0 Å². The fourth-order valence-electron chi connectivity index (χ4n) is 2.35. The van der Waals surface area contributed by atoms with Crippen LogP contribution in [0.3, 0.4) is 0 Å². The fraction of sp³-hybridized carbons (Fsp3) is 0.294. The summed E-state index contributed by atoms with van der Waals surface area (Å²) >= 11 is 6.09. The van der Waals surface area contributed by atoms with Crippen LogP contribution < -0.4 is 15.0 Å². The molecule has 1 N–H and O–H groups in total. The molecule has 0 fully saturated rings. The molecule has 0 aromatic heterocycles. The van der Waals surface area contributed by atoms with Gasteiger partial charge in [-0.05, 0) is 42.4 Å². The van der Waals surface area contributed by atoms with Crippen LogP contribution in [0.2, 0.25) is 5.02 Å². The molecule has 0 bridgehead atoms. The number of hydrogen-bond donors (Lipinski definition) is 1. The van der Waals surface area contributed by atoms with Crippen LogP contribution in [0.15, 0.2) is 42.5 Å². The molecule has 0 saturated carbocycles. The molecule has 0 amide bonds. The van der Waals surface area contributed by atoms with Crippen molar-refractivity contribution in [2.75, 3.05) is 33.2 Å². The first-order valence-corrected chi connectivity index (χ1v) is 7.22. The van der Waals surface area contributed by atoms with Gasteiger partial charge >= 0.3 is 0 Å². The lowest BCUT2D eigenvalue weighted by Crippen LogP contribution is -2.18. The third-order valence-electron chi connectivity index (χ3n) is 3.54. The van der Waals surface area contributed by atoms with Crippen molar-refractivity contribution < 1.29 is 4.74 Å². The van der Waals surface area contributed by atoms with E-state index in [9.17, 15) is 0 Å². The highest BCUT2D eigenvalue weighted by atomic mass is 35.5. The fourth-order valence-corrected chi connectivity index (χ4v) is 2.54. The molecule has 1 atom stereocenters. The average Bonchev–Trinajstić information content (AvgIpc) is 2.50. The zero-order valence-electron chi connectivity index (χ0n) is 12.9. The van der Waals surface area contributed by atoms with Gasteiger partial charge in [0.05, 0.1) is 18.2 Å². The van der Waals surface area contributed by atoms with Crippen molar-refractivity contribution in [1.82, 2.24) is 5.32 Å². The molecule has 0 aliphatic rings. The van der Waals surface area contributed by atoms with Crippen LogP contribution in [0.1, 0.15) is 17.2 Å². The number of halogens is 1. The lowest BCUT2D eigenvalue weighted by molar-refractivity contribution is 0.414. The van der Waals surface area contributed by atoms with Crippen molar-refractivity contribution in [3.8, 4) is 5.75 Å². The lowest BCUT2D eigenvalue weighted by atomic mass is 9.98. The van der Waals surface area contributed by atoms with Crippen LogP contribution in [0.4, 0.5) is 5.69 Å². The van der Waals surface area contributed by atoms with Gasteiger partial charge in [-0.25, -0.2) is 0 Å². The highest BCUT2D eigenvalue weighted by Crippen LogP contribution is 2.30. The predicted molar refractivity (Wildman–Crippen MR) is 89.7 cm³/mol. The Labute approximate surface area is 131 Å². The van der Waals surface area contributed by atoms with Crippen LogP contribution in [0.5, 0.6) is 5.75 Å². The van der Waals surface area contributed by atoms with Gasteiger partial charge in [-0.15, -0.1) is 0 Å². The summed E-state index contributed by atoms with van der Waals surface area (Å²) in [4.78, 5) is 2.09. The summed E-state index contributed by atoms with van der Waals surface area (Å²) in [6.07, 6.45) is 0. The van der Waals surface area contributed by atoms with E-state index < -0.39 is 0 Å². The highest BCUT2D eigenvalue weighted by Gasteiger charge is 2.14. The quantitative estimate of drug-likeness (QED) is 0.911. The van der Waals surface area contributed by atoms with E-state index in [0.29, 0.717) is 10.8 Å². The topological polar surface area (TPSA) is 24.5 Å². The molecule has 2 rings (SSSR count). The van der Waals surface area contributed by atoms with E-state index in [1.165, 1.54) is 11.3 Å². The number of nitrogens with zero attached hydrogens (tertiary/aromatic N) is 1. The van der Waals surface area contributed by atoms with Crippen LogP contribution in [-0.4, -0.2) is 28.3 Å². The van der Waals surface area contributed by atoms with Crippen molar-refractivity contribution in [1.29, 1.82) is 0 Å². The zero-order chi connectivity index (χ0) is 15.4. The Morgan fingerprint density at radius 3 is 2.19 bits per heavy atom. The molecule has 112 valence electrons. The van der Waals surface area contributed by atoms with E-state index in [0.717, 1.165) is 5.56 Å². The minimum Gasteiger partial charge on any atom is -0.495 e. The second kappa shape index (κ2) is 6.83. The van der Waals surface area contributed by atoms with Gasteiger partial charge in [0, 0.05) is 19.8 Å². The SMILES string of the molecule is CNC(c1ccc(N(C)C)cc1)c1ccc(Cl)c(OC)c1. The van der Waals surface area contributed by atoms with Crippen molar-refractivity contribution >= 4 is 17.3 Å². The minimum atomic E-state index is 0.104. The molecule has 0 aliphatic heterocycles. The second-order valence-electron chi connectivity index (χ2n) is 5.10. The number of ether oxygens (including phenoxy) is 1. The molecular formula is C17H21ClN2O. The predicted octanol–water partition coefficient (Wildman–Crippen LogP) is 3.72. The van der Waals surface area contributed by atoms with Crippen LogP contribution >= 0.6 is 11.6 Å². The molecular weight excluding hydrogens is 284 g/mol. The maximum atomic E-state index is 6.09. The third-order valence-corrected chi connectivity index (χ3v) is 3.85. The molecule has 0 radical (unpaired) electrons. The Morgan fingerprint density at radius 1 is 1.05 bits per heavy atom. The first kappa shape index (κ1) is 15.7. The number of benzene rings is 2. The molecule has 21 heavy (non-hydrogen) atoms. The van der Waals surface area contributed by atoms with E-state index in [-0.39, 0.29) is 6.04 Å². The van der Waals surface area contributed by atoms with Gasteiger partial charge in [0.15, 0.2) is 0 Å². The normalized spacial score (nSPS) is 12.0. The van der Waals surface area contributed by atoms with Gasteiger partial charge in [-0.3, -0.25) is 0 Å². The monoisotopic (exact) mass is 304 g/mol. The van der Waals surface area contributed by atoms with Gasteiger partial charge in [-0.1, -0.05) is 29.8 Å². The van der Waals surface area contributed by atoms with Gasteiger partial charge in [0.1, 0.15) is 5.75 Å². The van der Waals surface area contributed by atoms with Crippen LogP contribution in [0, 0.1) is 0 Å². The Morgan fingerprint density at radius 2 is 1.67 bits per heavy atom. The Hall–Kier alpha value is -1.71. The van der Waals surface area contributed by atoms with Crippen LogP contribution in [0.25, 0.3) is 0 Å². The Balaban J connectivity index is 2.34. The Bertz CT molecular complexity index is 596. The number of methoxy groups -OCH3 is 1. The zero-order valence-corrected chi connectivity index (χ0v) is 13.6. The molecule has 0 aliphatic carbocycles. The number of hydrogen-bond acceptors (Lipinski definition) is 3. The number of rotatable bonds is 5. The molecule has 4 heteroatoms. The summed E-state index contributed by atoms with van der Waals surface area (Å²) in [5.74, 6) is 0.694. The number of nitrogens with one attached hydrogen (secondary N) is 1. The average molecular weight is 305 g/mol. The van der Waals surface area contributed by atoms with Crippen molar-refractivity contribution in [2.45, 2.75) is 6.04 Å². The third kappa shape index (κ3) is 3.49. The van der Waals surface area contributed by atoms with Crippen molar-refractivity contribution in [3.05, 3.63) is 58.6 Å². The molecule has 0 heterocycles. The molecule has 1 unspecified atom stereocenters. The van der Waals surface area contributed by atoms with E-state index >= 15 is 0 Å². The summed E-state index contributed by atoms with van der Waals surface area (Å²) in [6.45, 7) is 0. The molecule has 2 aromatic rings.